The van der Waals surface area contributed by atoms with Crippen LogP contribution in [-0.2, 0) is 9.59 Å². The predicted octanol–water partition coefficient (Wildman–Crippen LogP) is 4.33. The van der Waals surface area contributed by atoms with Crippen molar-refractivity contribution in [2.45, 2.75) is 57.9 Å². The smallest absolute Gasteiger partial charge is 0.253 e. The number of hydrogen-bond acceptors (Lipinski definition) is 8. The van der Waals surface area contributed by atoms with E-state index in [9.17, 15) is 9.59 Å². The molecule has 0 bridgehead atoms. The molecule has 0 saturated heterocycles. The highest BCUT2D eigenvalue weighted by Crippen LogP contribution is 2.32. The van der Waals surface area contributed by atoms with Gasteiger partial charge in [-0.3, -0.25) is 9.59 Å². The fourth-order valence-corrected chi connectivity index (χ4v) is 3.76. The van der Waals surface area contributed by atoms with E-state index in [0.717, 1.165) is 30.2 Å². The van der Waals surface area contributed by atoms with Crippen LogP contribution in [0.5, 0.6) is 5.88 Å². The molecule has 9 nitrogen and oxygen atoms in total. The van der Waals surface area contributed by atoms with Gasteiger partial charge in [0, 0.05) is 31.2 Å². The summed E-state index contributed by atoms with van der Waals surface area (Å²) in [6.07, 6.45) is 4.73. The Morgan fingerprint density at radius 3 is 2.66 bits per heavy atom. The maximum Gasteiger partial charge on any atom is 0.253 e. The number of rotatable bonds is 14. The lowest BCUT2D eigenvalue weighted by atomic mass is 10.0. The Balaban J connectivity index is 1.77. The van der Waals surface area contributed by atoms with Crippen LogP contribution in [-0.4, -0.2) is 59.5 Å². The van der Waals surface area contributed by atoms with Crippen molar-refractivity contribution in [2.24, 2.45) is 0 Å². The Labute approximate surface area is 206 Å². The summed E-state index contributed by atoms with van der Waals surface area (Å²) in [5.41, 5.74) is 1.40. The minimum Gasteiger partial charge on any atom is -0.480 e. The number of ether oxygens (including phenoxy) is 1. The molecular formula is C26H35N5O4. The van der Waals surface area contributed by atoms with E-state index in [4.69, 9.17) is 9.15 Å². The summed E-state index contributed by atoms with van der Waals surface area (Å²) >= 11 is 0. The zero-order valence-corrected chi connectivity index (χ0v) is 21.0. The molecule has 0 fully saturated rings. The number of nitrogens with zero attached hydrogens (tertiary/aromatic N) is 4. The number of carbonyl (C=O) groups excluding carboxylic acids is 2. The summed E-state index contributed by atoms with van der Waals surface area (Å²) < 4.78 is 11.5. The lowest BCUT2D eigenvalue weighted by Gasteiger charge is -2.16. The van der Waals surface area contributed by atoms with Crippen LogP contribution in [0.2, 0.25) is 0 Å². The lowest BCUT2D eigenvalue weighted by molar-refractivity contribution is -0.122. The van der Waals surface area contributed by atoms with Crippen LogP contribution in [0, 0.1) is 0 Å². The first kappa shape index (κ1) is 26.3. The van der Waals surface area contributed by atoms with Gasteiger partial charge in [-0.1, -0.05) is 38.0 Å². The number of fused-ring (bicyclic) bond motifs is 1. The summed E-state index contributed by atoms with van der Waals surface area (Å²) in [5, 5.41) is 12.5. The Kier molecular flexibility index (Phi) is 9.72. The molecule has 35 heavy (non-hydrogen) atoms. The molecule has 0 saturated carbocycles. The Hall–Kier alpha value is -3.33. The second-order valence-electron chi connectivity index (χ2n) is 8.85. The monoisotopic (exact) mass is 481 g/mol. The predicted molar refractivity (Wildman–Crippen MR) is 134 cm³/mol. The van der Waals surface area contributed by atoms with Crippen LogP contribution in [0.25, 0.3) is 22.4 Å². The molecule has 0 spiro atoms. The molecule has 2 heterocycles. The maximum absolute atomic E-state index is 12.6. The zero-order chi connectivity index (χ0) is 25.2. The highest BCUT2D eigenvalue weighted by Gasteiger charge is 2.23. The van der Waals surface area contributed by atoms with Crippen molar-refractivity contribution >= 4 is 22.6 Å². The molecule has 0 radical (unpaired) electrons. The minimum absolute atomic E-state index is 0.0745. The molecule has 0 aliphatic carbocycles. The number of aromatic nitrogens is 3. The van der Waals surface area contributed by atoms with Crippen LogP contribution >= 0.6 is 0 Å². The van der Waals surface area contributed by atoms with Crippen LogP contribution in [0.1, 0.15) is 63.8 Å². The third kappa shape index (κ3) is 7.58. The zero-order valence-electron chi connectivity index (χ0n) is 21.0. The van der Waals surface area contributed by atoms with E-state index in [1.165, 1.54) is 0 Å². The number of pyridine rings is 1. The van der Waals surface area contributed by atoms with Gasteiger partial charge in [0.1, 0.15) is 17.4 Å². The number of nitrogens with one attached hydrogen (secondary N) is 1. The number of amides is 1. The molecular weight excluding hydrogens is 446 g/mol. The largest absolute Gasteiger partial charge is 0.480 e. The summed E-state index contributed by atoms with van der Waals surface area (Å²) in [4.78, 5) is 30.6. The third-order valence-electron chi connectivity index (χ3n) is 5.82. The summed E-state index contributed by atoms with van der Waals surface area (Å²) in [6, 6.07) is 9.22. The molecule has 3 aromatic rings. The molecule has 0 aliphatic heterocycles. The van der Waals surface area contributed by atoms with Crippen molar-refractivity contribution in [1.82, 2.24) is 25.4 Å². The number of Topliss-reactive ketones (excluding diaryl/α,β-unsaturated/α-hetero) is 1. The van der Waals surface area contributed by atoms with E-state index in [-0.39, 0.29) is 17.6 Å². The van der Waals surface area contributed by atoms with E-state index in [2.05, 4.69) is 20.5 Å². The minimum atomic E-state index is -0.410. The average molecular weight is 482 g/mol. The van der Waals surface area contributed by atoms with E-state index in [0.29, 0.717) is 49.6 Å². The van der Waals surface area contributed by atoms with Crippen LogP contribution in [0.4, 0.5) is 0 Å². The van der Waals surface area contributed by atoms with Crippen molar-refractivity contribution in [3.63, 3.8) is 0 Å². The standard InChI is InChI=1S/C26H35N5O4/c1-5-19(32)12-7-6-8-14-22(27-23(33)15-16-31(2)3)26-30-29-25(35-26)20-17-18-11-9-10-13-21(18)28-24(20)34-4/h9-11,13,17,22H,5-8,12,14-16H2,1-4H3,(H,27,33)/t22-/m0/s1. The topological polar surface area (TPSA) is 110 Å². The number of carbonyl (C=O) groups is 2. The Morgan fingerprint density at radius 1 is 1.11 bits per heavy atom. The second kappa shape index (κ2) is 12.9. The number of benzene rings is 1. The highest BCUT2D eigenvalue weighted by atomic mass is 16.5. The molecule has 0 unspecified atom stereocenters. The van der Waals surface area contributed by atoms with Crippen LogP contribution in [0.3, 0.4) is 0 Å². The molecule has 188 valence electrons. The maximum atomic E-state index is 12.6. The molecule has 2 aromatic heterocycles. The van der Waals surface area contributed by atoms with Crippen molar-refractivity contribution in [3.8, 4) is 17.3 Å². The molecule has 1 N–H and O–H groups in total. The fourth-order valence-electron chi connectivity index (χ4n) is 3.76. The van der Waals surface area contributed by atoms with Crippen molar-refractivity contribution < 1.29 is 18.7 Å². The first-order valence-corrected chi connectivity index (χ1v) is 12.1. The van der Waals surface area contributed by atoms with Crippen molar-refractivity contribution in [2.75, 3.05) is 27.7 Å². The Morgan fingerprint density at radius 2 is 1.91 bits per heavy atom. The van der Waals surface area contributed by atoms with E-state index in [1.54, 1.807) is 7.11 Å². The quantitative estimate of drug-likeness (QED) is 0.339. The van der Waals surface area contributed by atoms with Gasteiger partial charge < -0.3 is 19.4 Å². The molecule has 9 heteroatoms. The normalized spacial score (nSPS) is 12.1. The number of methoxy groups -OCH3 is 1. The van der Waals surface area contributed by atoms with Gasteiger partial charge >= 0.3 is 0 Å². The molecule has 1 amide bonds. The molecule has 3 rings (SSSR count). The van der Waals surface area contributed by atoms with E-state index in [1.807, 2.05) is 56.3 Å². The second-order valence-corrected chi connectivity index (χ2v) is 8.85. The van der Waals surface area contributed by atoms with Crippen LogP contribution in [0.15, 0.2) is 34.7 Å². The van der Waals surface area contributed by atoms with Gasteiger partial charge in [0.25, 0.3) is 5.89 Å². The molecule has 1 atom stereocenters. The number of para-hydroxylation sites is 1. The first-order chi connectivity index (χ1) is 16.9. The fraction of sp³-hybridized carbons (Fsp3) is 0.500. The molecule has 0 aliphatic rings. The molecule has 1 aromatic carbocycles. The Bertz CT molecular complexity index is 1130. The summed E-state index contributed by atoms with van der Waals surface area (Å²) in [7, 11) is 5.41. The summed E-state index contributed by atoms with van der Waals surface area (Å²) in [5.74, 6) is 1.23. The van der Waals surface area contributed by atoms with Gasteiger partial charge in [-0.05, 0) is 39.1 Å². The average Bonchev–Trinajstić information content (AvgIpc) is 3.35. The van der Waals surface area contributed by atoms with Gasteiger partial charge in [-0.25, -0.2) is 4.98 Å². The third-order valence-corrected chi connectivity index (χ3v) is 5.82. The van der Waals surface area contributed by atoms with Crippen molar-refractivity contribution in [1.29, 1.82) is 0 Å². The van der Waals surface area contributed by atoms with E-state index >= 15 is 0 Å². The summed E-state index contributed by atoms with van der Waals surface area (Å²) in [6.45, 7) is 2.53. The SMILES string of the molecule is CCC(=O)CCCCC[C@H](NC(=O)CCN(C)C)c1nnc(-c2cc3ccccc3nc2OC)o1. The van der Waals surface area contributed by atoms with Crippen molar-refractivity contribution in [3.05, 3.63) is 36.2 Å². The lowest BCUT2D eigenvalue weighted by Crippen LogP contribution is -2.31. The first-order valence-electron chi connectivity index (χ1n) is 12.1. The van der Waals surface area contributed by atoms with E-state index < -0.39 is 6.04 Å². The van der Waals surface area contributed by atoms with Gasteiger partial charge in [0.2, 0.25) is 17.7 Å². The number of ketones is 1. The number of hydrogen-bond donors (Lipinski definition) is 1. The van der Waals surface area contributed by atoms with Crippen LogP contribution < -0.4 is 10.1 Å². The van der Waals surface area contributed by atoms with Gasteiger partial charge in [0.05, 0.1) is 12.6 Å². The van der Waals surface area contributed by atoms with Gasteiger partial charge in [-0.2, -0.15) is 0 Å². The highest BCUT2D eigenvalue weighted by molar-refractivity contribution is 5.84. The van der Waals surface area contributed by atoms with Gasteiger partial charge in [0.15, 0.2) is 0 Å². The number of unbranched alkanes of at least 4 members (excludes halogenated alkanes) is 2. The van der Waals surface area contributed by atoms with Gasteiger partial charge in [-0.15, -0.1) is 10.2 Å².